The molecule has 0 heterocycles. The summed E-state index contributed by atoms with van der Waals surface area (Å²) >= 11 is 3.38. The fraction of sp³-hybridized carbons (Fsp3) is 0.182. The van der Waals surface area contributed by atoms with E-state index in [1.807, 2.05) is 25.1 Å². The molecule has 15 heavy (non-hydrogen) atoms. The molecule has 0 bridgehead atoms. The maximum absolute atomic E-state index is 10.2. The van der Waals surface area contributed by atoms with Crippen LogP contribution in [0, 0.1) is 6.92 Å². The van der Waals surface area contributed by atoms with Crippen molar-refractivity contribution in [2.24, 2.45) is 0 Å². The Bertz CT molecular complexity index is 385. The van der Waals surface area contributed by atoms with Crippen molar-refractivity contribution in [1.82, 2.24) is 0 Å². The molecule has 0 aliphatic carbocycles. The highest BCUT2D eigenvalue weighted by atomic mass is 79.9. The van der Waals surface area contributed by atoms with Crippen molar-refractivity contribution in [3.8, 4) is 5.75 Å². The normalized spacial score (nSPS) is 10.5. The zero-order valence-corrected chi connectivity index (χ0v) is 9.82. The van der Waals surface area contributed by atoms with Crippen LogP contribution in [-0.2, 0) is 4.79 Å². The first-order valence-corrected chi connectivity index (χ1v) is 5.17. The first-order chi connectivity index (χ1) is 7.09. The molecule has 0 unspecified atom stereocenters. The first kappa shape index (κ1) is 11.8. The Morgan fingerprint density at radius 1 is 1.60 bits per heavy atom. The minimum Gasteiger partial charge on any atom is -0.490 e. The quantitative estimate of drug-likeness (QED) is 0.856. The average Bonchev–Trinajstić information content (AvgIpc) is 2.18. The molecule has 1 aromatic rings. The number of aliphatic carboxylic acids is 1. The van der Waals surface area contributed by atoms with E-state index in [9.17, 15) is 4.79 Å². The second-order valence-corrected chi connectivity index (χ2v) is 3.82. The molecule has 0 aliphatic heterocycles. The summed E-state index contributed by atoms with van der Waals surface area (Å²) in [6.07, 6.45) is 2.52. The van der Waals surface area contributed by atoms with Crippen molar-refractivity contribution in [2.45, 2.75) is 6.92 Å². The number of hydrogen-bond donors (Lipinski definition) is 1. The van der Waals surface area contributed by atoms with E-state index in [0.717, 1.165) is 21.9 Å². The van der Waals surface area contributed by atoms with Gasteiger partial charge in [-0.15, -0.1) is 0 Å². The largest absolute Gasteiger partial charge is 0.490 e. The predicted octanol–water partition coefficient (Wildman–Crippen LogP) is 2.78. The standard InChI is InChI=1S/C11H11BrO3/c1-8-7-9(4-5-10(8)12)15-6-2-3-11(13)14/h2-5,7H,6H2,1H3,(H,13,14)/b3-2+. The van der Waals surface area contributed by atoms with Gasteiger partial charge >= 0.3 is 5.97 Å². The van der Waals surface area contributed by atoms with Crippen LogP contribution >= 0.6 is 15.9 Å². The van der Waals surface area contributed by atoms with E-state index in [2.05, 4.69) is 15.9 Å². The predicted molar refractivity (Wildman–Crippen MR) is 61.1 cm³/mol. The lowest BCUT2D eigenvalue weighted by molar-refractivity contribution is -0.131. The Kier molecular flexibility index (Phi) is 4.37. The second-order valence-electron chi connectivity index (χ2n) is 2.96. The third kappa shape index (κ3) is 4.16. The number of rotatable bonds is 4. The highest BCUT2D eigenvalue weighted by molar-refractivity contribution is 9.10. The van der Waals surface area contributed by atoms with Gasteiger partial charge in [0.25, 0.3) is 0 Å². The van der Waals surface area contributed by atoms with Gasteiger partial charge in [0.05, 0.1) is 0 Å². The lowest BCUT2D eigenvalue weighted by Gasteiger charge is -2.04. The number of carboxylic acids is 1. The lowest BCUT2D eigenvalue weighted by atomic mass is 10.2. The first-order valence-electron chi connectivity index (χ1n) is 4.38. The molecule has 0 atom stereocenters. The highest BCUT2D eigenvalue weighted by Gasteiger charge is 1.96. The fourth-order valence-corrected chi connectivity index (χ4v) is 1.25. The number of ether oxygens (including phenoxy) is 1. The zero-order valence-electron chi connectivity index (χ0n) is 8.24. The molecular weight excluding hydrogens is 260 g/mol. The number of halogens is 1. The van der Waals surface area contributed by atoms with Crippen LogP contribution in [-0.4, -0.2) is 17.7 Å². The molecule has 0 saturated heterocycles. The van der Waals surface area contributed by atoms with E-state index in [1.54, 1.807) is 0 Å². The summed E-state index contributed by atoms with van der Waals surface area (Å²) in [6, 6.07) is 5.61. The topological polar surface area (TPSA) is 46.5 Å². The Hall–Kier alpha value is -1.29. The number of benzene rings is 1. The van der Waals surface area contributed by atoms with Gasteiger partial charge in [0.15, 0.2) is 0 Å². The van der Waals surface area contributed by atoms with Crippen molar-refractivity contribution < 1.29 is 14.6 Å². The maximum atomic E-state index is 10.2. The van der Waals surface area contributed by atoms with Gasteiger partial charge < -0.3 is 9.84 Å². The summed E-state index contributed by atoms with van der Waals surface area (Å²) < 4.78 is 6.35. The monoisotopic (exact) mass is 270 g/mol. The van der Waals surface area contributed by atoms with Gasteiger partial charge in [0.2, 0.25) is 0 Å². The molecule has 1 rings (SSSR count). The van der Waals surface area contributed by atoms with Crippen LogP contribution in [0.5, 0.6) is 5.75 Å². The number of hydrogen-bond acceptors (Lipinski definition) is 2. The van der Waals surface area contributed by atoms with E-state index >= 15 is 0 Å². The molecule has 0 amide bonds. The van der Waals surface area contributed by atoms with Gasteiger partial charge in [-0.05, 0) is 36.8 Å². The number of aryl methyl sites for hydroxylation is 1. The highest BCUT2D eigenvalue weighted by Crippen LogP contribution is 2.21. The van der Waals surface area contributed by atoms with Gasteiger partial charge in [-0.25, -0.2) is 4.79 Å². The average molecular weight is 271 g/mol. The fourth-order valence-electron chi connectivity index (χ4n) is 1.00. The van der Waals surface area contributed by atoms with Crippen molar-refractivity contribution >= 4 is 21.9 Å². The third-order valence-corrected chi connectivity index (χ3v) is 2.63. The van der Waals surface area contributed by atoms with Crippen molar-refractivity contribution in [2.75, 3.05) is 6.61 Å². The molecule has 1 aromatic carbocycles. The SMILES string of the molecule is Cc1cc(OC/C=C/C(=O)O)ccc1Br. The Morgan fingerprint density at radius 3 is 2.93 bits per heavy atom. The van der Waals surface area contributed by atoms with Crippen LogP contribution in [0.3, 0.4) is 0 Å². The van der Waals surface area contributed by atoms with Gasteiger partial charge in [0, 0.05) is 10.5 Å². The van der Waals surface area contributed by atoms with E-state index in [1.165, 1.54) is 6.08 Å². The Balaban J connectivity index is 2.51. The molecule has 0 aliphatic rings. The molecule has 0 saturated carbocycles. The molecule has 1 N–H and O–H groups in total. The molecule has 80 valence electrons. The van der Waals surface area contributed by atoms with Crippen LogP contribution < -0.4 is 4.74 Å². The van der Waals surface area contributed by atoms with Gasteiger partial charge in [-0.1, -0.05) is 15.9 Å². The minimum absolute atomic E-state index is 0.257. The minimum atomic E-state index is -0.967. The number of carbonyl (C=O) groups is 1. The molecule has 0 spiro atoms. The van der Waals surface area contributed by atoms with Crippen molar-refractivity contribution in [1.29, 1.82) is 0 Å². The Morgan fingerprint density at radius 2 is 2.33 bits per heavy atom. The van der Waals surface area contributed by atoms with E-state index in [4.69, 9.17) is 9.84 Å². The van der Waals surface area contributed by atoms with Crippen LogP contribution in [0.2, 0.25) is 0 Å². The van der Waals surface area contributed by atoms with Crippen molar-refractivity contribution in [3.05, 3.63) is 40.4 Å². The van der Waals surface area contributed by atoms with Crippen LogP contribution in [0.1, 0.15) is 5.56 Å². The summed E-state index contributed by atoms with van der Waals surface area (Å²) in [4.78, 5) is 10.2. The summed E-state index contributed by atoms with van der Waals surface area (Å²) in [5.74, 6) is -0.240. The Labute approximate surface area is 96.5 Å². The molecule has 3 nitrogen and oxygen atoms in total. The summed E-state index contributed by atoms with van der Waals surface area (Å²) in [5, 5.41) is 8.34. The molecular formula is C11H11BrO3. The van der Waals surface area contributed by atoms with E-state index in [0.29, 0.717) is 0 Å². The summed E-state index contributed by atoms with van der Waals surface area (Å²) in [5.41, 5.74) is 1.08. The molecule has 0 fully saturated rings. The van der Waals surface area contributed by atoms with Gasteiger partial charge in [0.1, 0.15) is 12.4 Å². The summed E-state index contributed by atoms with van der Waals surface area (Å²) in [7, 11) is 0. The molecule has 4 heteroatoms. The van der Waals surface area contributed by atoms with E-state index in [-0.39, 0.29) is 6.61 Å². The molecule has 0 aromatic heterocycles. The van der Waals surface area contributed by atoms with E-state index < -0.39 is 5.97 Å². The van der Waals surface area contributed by atoms with Crippen LogP contribution in [0.15, 0.2) is 34.8 Å². The van der Waals surface area contributed by atoms with Gasteiger partial charge in [-0.2, -0.15) is 0 Å². The van der Waals surface area contributed by atoms with Crippen LogP contribution in [0.25, 0.3) is 0 Å². The number of carboxylic acid groups (broad SMARTS) is 1. The maximum Gasteiger partial charge on any atom is 0.328 e. The smallest absolute Gasteiger partial charge is 0.328 e. The second kappa shape index (κ2) is 5.56. The van der Waals surface area contributed by atoms with Crippen LogP contribution in [0.4, 0.5) is 0 Å². The molecule has 0 radical (unpaired) electrons. The summed E-state index contributed by atoms with van der Waals surface area (Å²) in [6.45, 7) is 2.22. The lowest BCUT2D eigenvalue weighted by Crippen LogP contribution is -1.95. The van der Waals surface area contributed by atoms with Crippen molar-refractivity contribution in [3.63, 3.8) is 0 Å². The zero-order chi connectivity index (χ0) is 11.3. The third-order valence-electron chi connectivity index (χ3n) is 1.74. The van der Waals surface area contributed by atoms with Gasteiger partial charge in [-0.3, -0.25) is 0 Å².